The second kappa shape index (κ2) is 11.6. The number of hydrogen-bond donors (Lipinski definition) is 3. The SMILES string of the molecule is CC(=O)N[C@@H](Cc1ccc(OC(C)(C)C)cc1)C(=O)N[C@@H](C(=O)N[C@@H](C)C(C)=O)C(C)C. The molecule has 1 aromatic rings. The van der Waals surface area contributed by atoms with Gasteiger partial charge >= 0.3 is 0 Å². The largest absolute Gasteiger partial charge is 0.488 e. The molecule has 0 aliphatic rings. The average molecular weight is 448 g/mol. The van der Waals surface area contributed by atoms with Crippen molar-refractivity contribution in [2.75, 3.05) is 0 Å². The summed E-state index contributed by atoms with van der Waals surface area (Å²) in [6, 6.07) is 4.95. The topological polar surface area (TPSA) is 114 Å². The van der Waals surface area contributed by atoms with E-state index < -0.39 is 29.9 Å². The predicted octanol–water partition coefficient (Wildman–Crippen LogP) is 2.15. The van der Waals surface area contributed by atoms with Gasteiger partial charge in [-0.3, -0.25) is 19.2 Å². The van der Waals surface area contributed by atoms with Crippen LogP contribution < -0.4 is 20.7 Å². The first-order chi connectivity index (χ1) is 14.7. The van der Waals surface area contributed by atoms with Crippen LogP contribution in [0.3, 0.4) is 0 Å². The Morgan fingerprint density at radius 3 is 1.88 bits per heavy atom. The maximum absolute atomic E-state index is 13.0. The Kier molecular flexibility index (Phi) is 9.87. The number of hydrogen-bond acceptors (Lipinski definition) is 5. The lowest BCUT2D eigenvalue weighted by Crippen LogP contribution is -2.57. The summed E-state index contributed by atoms with van der Waals surface area (Å²) in [5.41, 5.74) is 0.503. The highest BCUT2D eigenvalue weighted by molar-refractivity contribution is 5.94. The van der Waals surface area contributed by atoms with E-state index in [2.05, 4.69) is 16.0 Å². The Hall–Kier alpha value is -2.90. The van der Waals surface area contributed by atoms with Crippen molar-refractivity contribution in [1.82, 2.24) is 16.0 Å². The van der Waals surface area contributed by atoms with Gasteiger partial charge in [-0.15, -0.1) is 0 Å². The third-order valence-electron chi connectivity index (χ3n) is 4.70. The van der Waals surface area contributed by atoms with E-state index in [4.69, 9.17) is 4.74 Å². The Morgan fingerprint density at radius 1 is 0.875 bits per heavy atom. The molecule has 0 bridgehead atoms. The van der Waals surface area contributed by atoms with E-state index in [0.29, 0.717) is 5.75 Å². The molecule has 178 valence electrons. The maximum Gasteiger partial charge on any atom is 0.243 e. The molecule has 1 aromatic carbocycles. The van der Waals surface area contributed by atoms with E-state index in [1.807, 2.05) is 45.0 Å². The van der Waals surface area contributed by atoms with Crippen LogP contribution in [0.1, 0.15) is 61.0 Å². The highest BCUT2D eigenvalue weighted by Crippen LogP contribution is 2.19. The fraction of sp³-hybridized carbons (Fsp3) is 0.583. The Bertz CT molecular complexity index is 812. The Labute approximate surface area is 190 Å². The minimum Gasteiger partial charge on any atom is -0.488 e. The molecule has 0 aliphatic heterocycles. The molecular formula is C24H37N3O5. The summed E-state index contributed by atoms with van der Waals surface area (Å²) >= 11 is 0. The molecule has 32 heavy (non-hydrogen) atoms. The van der Waals surface area contributed by atoms with Crippen molar-refractivity contribution in [2.24, 2.45) is 5.92 Å². The maximum atomic E-state index is 13.0. The third kappa shape index (κ3) is 9.49. The first kappa shape index (κ1) is 27.1. The van der Waals surface area contributed by atoms with E-state index in [1.54, 1.807) is 20.8 Å². The molecule has 1 rings (SSSR count). The monoisotopic (exact) mass is 447 g/mol. The molecule has 0 aliphatic carbocycles. The summed E-state index contributed by atoms with van der Waals surface area (Å²) in [7, 11) is 0. The van der Waals surface area contributed by atoms with Gasteiger partial charge in [-0.25, -0.2) is 0 Å². The van der Waals surface area contributed by atoms with E-state index in [-0.39, 0.29) is 29.6 Å². The average Bonchev–Trinajstić information content (AvgIpc) is 2.64. The van der Waals surface area contributed by atoms with Crippen molar-refractivity contribution in [3.63, 3.8) is 0 Å². The summed E-state index contributed by atoms with van der Waals surface area (Å²) in [6.45, 7) is 13.8. The van der Waals surface area contributed by atoms with Gasteiger partial charge in [-0.2, -0.15) is 0 Å². The van der Waals surface area contributed by atoms with Gasteiger partial charge in [0.25, 0.3) is 0 Å². The summed E-state index contributed by atoms with van der Waals surface area (Å²) in [5, 5.41) is 8.00. The van der Waals surface area contributed by atoms with Gasteiger partial charge in [0.2, 0.25) is 17.7 Å². The van der Waals surface area contributed by atoms with Crippen LogP contribution in [0.4, 0.5) is 0 Å². The van der Waals surface area contributed by atoms with Crippen LogP contribution >= 0.6 is 0 Å². The van der Waals surface area contributed by atoms with Crippen molar-refractivity contribution >= 4 is 23.5 Å². The zero-order valence-corrected chi connectivity index (χ0v) is 20.4. The van der Waals surface area contributed by atoms with Crippen LogP contribution in [0.5, 0.6) is 5.75 Å². The van der Waals surface area contributed by atoms with Crippen molar-refractivity contribution < 1.29 is 23.9 Å². The standard InChI is InChI=1S/C24H37N3O5/c1-14(2)21(23(31)25-15(3)16(4)28)27-22(30)20(26-17(5)29)13-18-9-11-19(12-10-18)32-24(6,7)8/h9-12,14-15,20-21H,13H2,1-8H3,(H,25,31)(H,26,29)(H,27,30)/t15-,20-,21+/m0/s1. The zero-order chi connectivity index (χ0) is 24.6. The molecule has 3 N–H and O–H groups in total. The predicted molar refractivity (Wildman–Crippen MR) is 123 cm³/mol. The van der Waals surface area contributed by atoms with Gasteiger partial charge in [-0.05, 0) is 58.2 Å². The number of nitrogens with one attached hydrogen (secondary N) is 3. The molecule has 0 fully saturated rings. The van der Waals surface area contributed by atoms with E-state index in [9.17, 15) is 19.2 Å². The third-order valence-corrected chi connectivity index (χ3v) is 4.70. The van der Waals surface area contributed by atoms with Gasteiger partial charge in [0.15, 0.2) is 5.78 Å². The number of carbonyl (C=O) groups is 4. The fourth-order valence-corrected chi connectivity index (χ4v) is 2.93. The quantitative estimate of drug-likeness (QED) is 0.509. The highest BCUT2D eigenvalue weighted by Gasteiger charge is 2.29. The van der Waals surface area contributed by atoms with Gasteiger partial charge in [0.1, 0.15) is 23.4 Å². The van der Waals surface area contributed by atoms with Crippen LogP contribution in [-0.2, 0) is 25.6 Å². The molecule has 8 heteroatoms. The molecule has 0 saturated carbocycles. The van der Waals surface area contributed by atoms with Crippen LogP contribution in [-0.4, -0.2) is 47.2 Å². The first-order valence-electron chi connectivity index (χ1n) is 10.9. The van der Waals surface area contributed by atoms with Crippen molar-refractivity contribution in [2.45, 2.75) is 85.5 Å². The molecule has 3 atom stereocenters. The number of rotatable bonds is 10. The lowest BCUT2D eigenvalue weighted by Gasteiger charge is -2.26. The van der Waals surface area contributed by atoms with Gasteiger partial charge in [0.05, 0.1) is 6.04 Å². The lowest BCUT2D eigenvalue weighted by atomic mass is 10.0. The van der Waals surface area contributed by atoms with Crippen molar-refractivity contribution in [3.05, 3.63) is 29.8 Å². The molecule has 0 radical (unpaired) electrons. The number of benzene rings is 1. The molecule has 3 amide bonds. The lowest BCUT2D eigenvalue weighted by molar-refractivity contribution is -0.133. The molecular weight excluding hydrogens is 410 g/mol. The van der Waals surface area contributed by atoms with Gasteiger partial charge in [0, 0.05) is 13.3 Å². The summed E-state index contributed by atoms with van der Waals surface area (Å²) in [6.07, 6.45) is 0.248. The molecule has 0 aromatic heterocycles. The molecule has 0 heterocycles. The van der Waals surface area contributed by atoms with E-state index >= 15 is 0 Å². The number of ether oxygens (including phenoxy) is 1. The van der Waals surface area contributed by atoms with Crippen LogP contribution in [0.15, 0.2) is 24.3 Å². The number of ketones is 1. The molecule has 8 nitrogen and oxygen atoms in total. The fourth-order valence-electron chi connectivity index (χ4n) is 2.93. The van der Waals surface area contributed by atoms with Crippen molar-refractivity contribution in [3.8, 4) is 5.75 Å². The Balaban J connectivity index is 2.95. The number of amides is 3. The first-order valence-corrected chi connectivity index (χ1v) is 10.9. The van der Waals surface area contributed by atoms with Crippen LogP contribution in [0.2, 0.25) is 0 Å². The van der Waals surface area contributed by atoms with E-state index in [0.717, 1.165) is 5.56 Å². The molecule has 0 saturated heterocycles. The minimum atomic E-state index is -0.860. The highest BCUT2D eigenvalue weighted by atomic mass is 16.5. The van der Waals surface area contributed by atoms with Gasteiger partial charge in [-0.1, -0.05) is 26.0 Å². The van der Waals surface area contributed by atoms with Crippen molar-refractivity contribution in [1.29, 1.82) is 0 Å². The second-order valence-electron chi connectivity index (χ2n) is 9.39. The smallest absolute Gasteiger partial charge is 0.243 e. The second-order valence-corrected chi connectivity index (χ2v) is 9.39. The minimum absolute atomic E-state index is 0.179. The van der Waals surface area contributed by atoms with E-state index in [1.165, 1.54) is 13.8 Å². The van der Waals surface area contributed by atoms with Crippen LogP contribution in [0, 0.1) is 5.92 Å². The Morgan fingerprint density at radius 2 is 1.44 bits per heavy atom. The van der Waals surface area contributed by atoms with Gasteiger partial charge < -0.3 is 20.7 Å². The molecule has 0 unspecified atom stereocenters. The summed E-state index contributed by atoms with van der Waals surface area (Å²) in [5.74, 6) is -0.959. The summed E-state index contributed by atoms with van der Waals surface area (Å²) in [4.78, 5) is 48.8. The number of carbonyl (C=O) groups excluding carboxylic acids is 4. The number of Topliss-reactive ketones (excluding diaryl/α,β-unsaturated/α-hetero) is 1. The zero-order valence-electron chi connectivity index (χ0n) is 20.4. The normalized spacial score (nSPS) is 14.2. The summed E-state index contributed by atoms with van der Waals surface area (Å²) < 4.78 is 5.81. The molecule has 0 spiro atoms. The van der Waals surface area contributed by atoms with Crippen LogP contribution in [0.25, 0.3) is 0 Å².